The first-order valence-corrected chi connectivity index (χ1v) is 7.66. The molecule has 1 unspecified atom stereocenters. The monoisotopic (exact) mass is 295 g/mol. The summed E-state index contributed by atoms with van der Waals surface area (Å²) >= 11 is 0. The van der Waals surface area contributed by atoms with Gasteiger partial charge in [-0.3, -0.25) is 0 Å². The van der Waals surface area contributed by atoms with E-state index in [0.717, 1.165) is 19.4 Å². The number of methoxy groups -OCH3 is 1. The van der Waals surface area contributed by atoms with Crippen molar-refractivity contribution in [2.45, 2.75) is 19.8 Å². The van der Waals surface area contributed by atoms with E-state index >= 15 is 0 Å². The second-order valence-corrected chi connectivity index (χ2v) is 5.30. The van der Waals surface area contributed by atoms with Gasteiger partial charge in [0.1, 0.15) is 0 Å². The van der Waals surface area contributed by atoms with Crippen molar-refractivity contribution in [2.75, 3.05) is 46.7 Å². The molecule has 0 aromatic heterocycles. The maximum Gasteiger partial charge on any atom is 0.0701 e. The van der Waals surface area contributed by atoms with Gasteiger partial charge in [0.2, 0.25) is 0 Å². The molecular formula is C17H29NO3. The van der Waals surface area contributed by atoms with Crippen molar-refractivity contribution in [2.24, 2.45) is 11.7 Å². The van der Waals surface area contributed by atoms with Gasteiger partial charge in [0, 0.05) is 13.7 Å². The summed E-state index contributed by atoms with van der Waals surface area (Å²) in [6.45, 7) is 6.06. The van der Waals surface area contributed by atoms with Crippen molar-refractivity contribution in [3.63, 3.8) is 0 Å². The zero-order chi connectivity index (χ0) is 15.3. The standard InChI is InChI=1S/C17H29NO3/c1-15-4-3-5-16(12-15)13-17(14-18)6-7-20-10-11-21-9-8-19-2/h3-5,12,17H,6-11,13-14,18H2,1-2H3. The maximum atomic E-state index is 5.86. The first-order valence-electron chi connectivity index (χ1n) is 7.66. The molecule has 0 bridgehead atoms. The van der Waals surface area contributed by atoms with Crippen LogP contribution in [0.2, 0.25) is 0 Å². The van der Waals surface area contributed by atoms with Crippen LogP contribution in [0.4, 0.5) is 0 Å². The molecule has 0 aliphatic rings. The van der Waals surface area contributed by atoms with Gasteiger partial charge < -0.3 is 19.9 Å². The molecule has 0 radical (unpaired) electrons. The highest BCUT2D eigenvalue weighted by Gasteiger charge is 2.08. The summed E-state index contributed by atoms with van der Waals surface area (Å²) < 4.78 is 15.8. The largest absolute Gasteiger partial charge is 0.382 e. The van der Waals surface area contributed by atoms with Crippen molar-refractivity contribution in [3.05, 3.63) is 35.4 Å². The molecule has 4 heteroatoms. The summed E-state index contributed by atoms with van der Waals surface area (Å²) in [6, 6.07) is 8.62. The van der Waals surface area contributed by atoms with Crippen molar-refractivity contribution < 1.29 is 14.2 Å². The molecule has 1 aromatic rings. The van der Waals surface area contributed by atoms with Crippen LogP contribution in [-0.4, -0.2) is 46.7 Å². The second-order valence-electron chi connectivity index (χ2n) is 5.30. The Labute approximate surface area is 128 Å². The van der Waals surface area contributed by atoms with E-state index in [1.165, 1.54) is 11.1 Å². The third-order valence-electron chi connectivity index (χ3n) is 3.41. The molecule has 120 valence electrons. The molecule has 0 amide bonds. The van der Waals surface area contributed by atoms with Crippen LogP contribution in [0.1, 0.15) is 17.5 Å². The minimum absolute atomic E-state index is 0.473. The van der Waals surface area contributed by atoms with Crippen LogP contribution in [0.3, 0.4) is 0 Å². The van der Waals surface area contributed by atoms with E-state index in [9.17, 15) is 0 Å². The number of rotatable bonds is 12. The lowest BCUT2D eigenvalue weighted by atomic mass is 9.96. The number of aryl methyl sites for hydroxylation is 1. The quantitative estimate of drug-likeness (QED) is 0.601. The van der Waals surface area contributed by atoms with Crippen molar-refractivity contribution in [1.82, 2.24) is 0 Å². The van der Waals surface area contributed by atoms with Gasteiger partial charge in [-0.15, -0.1) is 0 Å². The Morgan fingerprint density at radius 3 is 2.43 bits per heavy atom. The first-order chi connectivity index (χ1) is 10.3. The second kappa shape index (κ2) is 11.7. The van der Waals surface area contributed by atoms with Crippen molar-refractivity contribution in [3.8, 4) is 0 Å². The summed E-state index contributed by atoms with van der Waals surface area (Å²) in [5.41, 5.74) is 8.51. The Hall–Kier alpha value is -0.940. The Morgan fingerprint density at radius 2 is 1.76 bits per heavy atom. The van der Waals surface area contributed by atoms with E-state index in [-0.39, 0.29) is 0 Å². The third kappa shape index (κ3) is 8.83. The zero-order valence-corrected chi connectivity index (χ0v) is 13.3. The van der Waals surface area contributed by atoms with Gasteiger partial charge in [0.15, 0.2) is 0 Å². The fourth-order valence-electron chi connectivity index (χ4n) is 2.19. The summed E-state index contributed by atoms with van der Waals surface area (Å²) in [7, 11) is 1.67. The van der Waals surface area contributed by atoms with E-state index in [1.54, 1.807) is 7.11 Å². The summed E-state index contributed by atoms with van der Waals surface area (Å²) in [4.78, 5) is 0. The Kier molecular flexibility index (Phi) is 10.1. The molecule has 1 aromatic carbocycles. The number of hydrogen-bond acceptors (Lipinski definition) is 4. The van der Waals surface area contributed by atoms with Crippen molar-refractivity contribution >= 4 is 0 Å². The lowest BCUT2D eigenvalue weighted by Crippen LogP contribution is -2.19. The van der Waals surface area contributed by atoms with Crippen LogP contribution in [0.15, 0.2) is 24.3 Å². The smallest absolute Gasteiger partial charge is 0.0701 e. The first kappa shape index (κ1) is 18.1. The SMILES string of the molecule is COCCOCCOCCC(CN)Cc1cccc(C)c1. The Morgan fingerprint density at radius 1 is 1.05 bits per heavy atom. The van der Waals surface area contributed by atoms with Crippen molar-refractivity contribution in [1.29, 1.82) is 0 Å². The van der Waals surface area contributed by atoms with Crippen LogP contribution in [0, 0.1) is 12.8 Å². The molecule has 4 nitrogen and oxygen atoms in total. The zero-order valence-electron chi connectivity index (χ0n) is 13.3. The van der Waals surface area contributed by atoms with E-state index in [2.05, 4.69) is 31.2 Å². The third-order valence-corrected chi connectivity index (χ3v) is 3.41. The molecule has 1 rings (SSSR count). The van der Waals surface area contributed by atoms with Crippen LogP contribution in [0.5, 0.6) is 0 Å². The van der Waals surface area contributed by atoms with Gasteiger partial charge >= 0.3 is 0 Å². The highest BCUT2D eigenvalue weighted by atomic mass is 16.5. The molecule has 0 aliphatic heterocycles. The average molecular weight is 295 g/mol. The summed E-state index contributed by atoms with van der Waals surface area (Å²) in [5, 5.41) is 0. The van der Waals surface area contributed by atoms with Crippen LogP contribution < -0.4 is 5.73 Å². The summed E-state index contributed by atoms with van der Waals surface area (Å²) in [6.07, 6.45) is 2.01. The van der Waals surface area contributed by atoms with Gasteiger partial charge in [-0.2, -0.15) is 0 Å². The number of hydrogen-bond donors (Lipinski definition) is 1. The van der Waals surface area contributed by atoms with E-state index in [0.29, 0.717) is 38.9 Å². The van der Waals surface area contributed by atoms with Gasteiger partial charge in [0.05, 0.1) is 26.4 Å². The maximum absolute atomic E-state index is 5.86. The predicted molar refractivity (Wildman–Crippen MR) is 85.6 cm³/mol. The molecule has 0 fully saturated rings. The molecular weight excluding hydrogens is 266 g/mol. The molecule has 0 aliphatic carbocycles. The van der Waals surface area contributed by atoms with Crippen LogP contribution in [-0.2, 0) is 20.6 Å². The van der Waals surface area contributed by atoms with E-state index in [4.69, 9.17) is 19.9 Å². The van der Waals surface area contributed by atoms with Gasteiger partial charge in [-0.1, -0.05) is 29.8 Å². The van der Waals surface area contributed by atoms with Crippen LogP contribution in [0.25, 0.3) is 0 Å². The van der Waals surface area contributed by atoms with E-state index < -0.39 is 0 Å². The Bertz CT molecular complexity index is 371. The summed E-state index contributed by atoms with van der Waals surface area (Å²) in [5.74, 6) is 0.473. The van der Waals surface area contributed by atoms with Gasteiger partial charge in [-0.05, 0) is 37.8 Å². The minimum Gasteiger partial charge on any atom is -0.382 e. The Balaban J connectivity index is 2.11. The molecule has 1 atom stereocenters. The minimum atomic E-state index is 0.473. The fraction of sp³-hybridized carbons (Fsp3) is 0.647. The average Bonchev–Trinajstić information content (AvgIpc) is 2.48. The number of nitrogens with two attached hydrogens (primary N) is 1. The lowest BCUT2D eigenvalue weighted by molar-refractivity contribution is 0.0220. The van der Waals surface area contributed by atoms with Gasteiger partial charge in [0.25, 0.3) is 0 Å². The highest BCUT2D eigenvalue weighted by Crippen LogP contribution is 2.13. The number of benzene rings is 1. The molecule has 0 saturated heterocycles. The molecule has 0 spiro atoms. The molecule has 0 heterocycles. The molecule has 0 saturated carbocycles. The molecule has 2 N–H and O–H groups in total. The lowest BCUT2D eigenvalue weighted by Gasteiger charge is -2.15. The van der Waals surface area contributed by atoms with Crippen LogP contribution >= 0.6 is 0 Å². The predicted octanol–water partition coefficient (Wildman–Crippen LogP) is 2.18. The number of ether oxygens (including phenoxy) is 3. The highest BCUT2D eigenvalue weighted by molar-refractivity contribution is 5.22. The van der Waals surface area contributed by atoms with E-state index in [1.807, 2.05) is 0 Å². The normalized spacial score (nSPS) is 12.5. The molecule has 21 heavy (non-hydrogen) atoms. The topological polar surface area (TPSA) is 53.7 Å². The van der Waals surface area contributed by atoms with Gasteiger partial charge in [-0.25, -0.2) is 0 Å². The fourth-order valence-corrected chi connectivity index (χ4v) is 2.19.